The summed E-state index contributed by atoms with van der Waals surface area (Å²) < 4.78 is 4.60. The summed E-state index contributed by atoms with van der Waals surface area (Å²) in [6.45, 7) is 1.53. The molecule has 0 fully saturated rings. The molecule has 17 heavy (non-hydrogen) atoms. The second-order valence-electron chi connectivity index (χ2n) is 3.20. The molecule has 1 aromatic rings. The van der Waals surface area contributed by atoms with Gasteiger partial charge >= 0.3 is 5.97 Å². The maximum absolute atomic E-state index is 11.2. The van der Waals surface area contributed by atoms with E-state index in [1.807, 2.05) is 12.2 Å². The van der Waals surface area contributed by atoms with Crippen LogP contribution in [0.1, 0.15) is 22.8 Å². The third-order valence-electron chi connectivity index (χ3n) is 1.87. The normalized spacial score (nSPS) is 10.5. The summed E-state index contributed by atoms with van der Waals surface area (Å²) >= 11 is 1.23. The number of esters is 1. The predicted molar refractivity (Wildman–Crippen MR) is 67.7 cm³/mol. The zero-order valence-corrected chi connectivity index (χ0v) is 10.5. The van der Waals surface area contributed by atoms with Gasteiger partial charge < -0.3 is 4.74 Å². The summed E-state index contributed by atoms with van der Waals surface area (Å²) in [4.78, 5) is 25.9. The molecule has 90 valence electrons. The Hall–Kier alpha value is -1.62. The maximum Gasteiger partial charge on any atom is 0.339 e. The molecule has 1 heterocycles. The van der Waals surface area contributed by atoms with Crippen molar-refractivity contribution >= 4 is 28.9 Å². The summed E-state index contributed by atoms with van der Waals surface area (Å²) in [5.74, 6) is 0.198. The van der Waals surface area contributed by atoms with Crippen LogP contribution in [-0.2, 0) is 9.53 Å². The van der Waals surface area contributed by atoms with Gasteiger partial charge in [-0.15, -0.1) is 0 Å². The standard InChI is InChI=1S/C12H13NO3S/c1-9(14)17-5-3-4-10-6-11(8-13-7-10)12(15)16-2/h3-4,6-8H,5H2,1-2H3. The Bertz CT molecular complexity index is 443. The quantitative estimate of drug-likeness (QED) is 0.767. The van der Waals surface area contributed by atoms with E-state index in [1.165, 1.54) is 32.0 Å². The first kappa shape index (κ1) is 13.4. The van der Waals surface area contributed by atoms with E-state index < -0.39 is 5.97 Å². The van der Waals surface area contributed by atoms with Gasteiger partial charge in [-0.1, -0.05) is 23.9 Å². The van der Waals surface area contributed by atoms with Crippen molar-refractivity contribution in [3.8, 4) is 0 Å². The highest BCUT2D eigenvalue weighted by Crippen LogP contribution is 2.08. The van der Waals surface area contributed by atoms with Crippen molar-refractivity contribution in [2.45, 2.75) is 6.92 Å². The SMILES string of the molecule is COC(=O)c1cncc(C=CCSC(C)=O)c1. The molecule has 1 aromatic heterocycles. The van der Waals surface area contributed by atoms with Crippen LogP contribution in [0, 0.1) is 0 Å². The second-order valence-corrected chi connectivity index (χ2v) is 4.40. The molecule has 0 saturated carbocycles. The minimum Gasteiger partial charge on any atom is -0.465 e. The van der Waals surface area contributed by atoms with Crippen LogP contribution in [0.3, 0.4) is 0 Å². The van der Waals surface area contributed by atoms with Crippen LogP contribution in [0.4, 0.5) is 0 Å². The van der Waals surface area contributed by atoms with E-state index in [9.17, 15) is 9.59 Å². The van der Waals surface area contributed by atoms with Crippen LogP contribution in [0.15, 0.2) is 24.5 Å². The van der Waals surface area contributed by atoms with E-state index in [0.717, 1.165) is 5.56 Å². The number of ether oxygens (including phenoxy) is 1. The fourth-order valence-corrected chi connectivity index (χ4v) is 1.56. The van der Waals surface area contributed by atoms with Gasteiger partial charge in [0.25, 0.3) is 0 Å². The summed E-state index contributed by atoms with van der Waals surface area (Å²) in [5.41, 5.74) is 1.21. The molecule has 1 rings (SSSR count). The molecule has 0 bridgehead atoms. The van der Waals surface area contributed by atoms with Crippen LogP contribution in [0.5, 0.6) is 0 Å². The largest absolute Gasteiger partial charge is 0.465 e. The van der Waals surface area contributed by atoms with Gasteiger partial charge in [-0.05, 0) is 11.6 Å². The number of rotatable bonds is 4. The first-order valence-corrected chi connectivity index (χ1v) is 5.95. The third kappa shape index (κ3) is 4.82. The number of aromatic nitrogens is 1. The fraction of sp³-hybridized carbons (Fsp3) is 0.250. The lowest BCUT2D eigenvalue weighted by atomic mass is 10.2. The Morgan fingerprint density at radius 3 is 2.88 bits per heavy atom. The smallest absolute Gasteiger partial charge is 0.339 e. The molecule has 0 aliphatic carbocycles. The van der Waals surface area contributed by atoms with Crippen molar-refractivity contribution in [3.05, 3.63) is 35.7 Å². The molecule has 0 atom stereocenters. The minimum atomic E-state index is -0.411. The number of hydrogen-bond acceptors (Lipinski definition) is 5. The van der Waals surface area contributed by atoms with Crippen molar-refractivity contribution in [2.24, 2.45) is 0 Å². The number of nitrogens with zero attached hydrogens (tertiary/aromatic N) is 1. The lowest BCUT2D eigenvalue weighted by Gasteiger charge is -1.99. The number of pyridine rings is 1. The average Bonchev–Trinajstić information content (AvgIpc) is 2.34. The number of hydrogen-bond donors (Lipinski definition) is 0. The molecule has 0 aliphatic rings. The lowest BCUT2D eigenvalue weighted by molar-refractivity contribution is -0.109. The molecule has 0 aromatic carbocycles. The first-order chi connectivity index (χ1) is 8.13. The molecule has 0 saturated heterocycles. The fourth-order valence-electron chi connectivity index (χ4n) is 1.13. The van der Waals surface area contributed by atoms with Crippen LogP contribution in [0.25, 0.3) is 6.08 Å². The van der Waals surface area contributed by atoms with Gasteiger partial charge in [0.15, 0.2) is 5.12 Å². The van der Waals surface area contributed by atoms with E-state index in [-0.39, 0.29) is 5.12 Å². The van der Waals surface area contributed by atoms with Crippen LogP contribution < -0.4 is 0 Å². The van der Waals surface area contributed by atoms with Crippen molar-refractivity contribution in [1.29, 1.82) is 0 Å². The zero-order valence-electron chi connectivity index (χ0n) is 9.67. The molecule has 0 aliphatic heterocycles. The van der Waals surface area contributed by atoms with Gasteiger partial charge in [-0.3, -0.25) is 9.78 Å². The highest BCUT2D eigenvalue weighted by atomic mass is 32.2. The average molecular weight is 251 g/mol. The van der Waals surface area contributed by atoms with Crippen molar-refractivity contribution in [1.82, 2.24) is 4.98 Å². The van der Waals surface area contributed by atoms with Crippen molar-refractivity contribution in [3.63, 3.8) is 0 Å². The van der Waals surface area contributed by atoms with E-state index >= 15 is 0 Å². The molecule has 0 radical (unpaired) electrons. The third-order valence-corrected chi connectivity index (χ3v) is 2.64. The summed E-state index contributed by atoms with van der Waals surface area (Å²) in [5, 5.41) is 0.0797. The molecular weight excluding hydrogens is 238 g/mol. The van der Waals surface area contributed by atoms with Gasteiger partial charge in [0.05, 0.1) is 12.7 Å². The number of carbonyl (C=O) groups is 2. The van der Waals surface area contributed by atoms with Gasteiger partial charge in [0.1, 0.15) is 0 Å². The second kappa shape index (κ2) is 6.85. The van der Waals surface area contributed by atoms with Crippen LogP contribution in [-0.4, -0.2) is 28.9 Å². The van der Waals surface area contributed by atoms with E-state index in [2.05, 4.69) is 9.72 Å². The molecule has 0 N–H and O–H groups in total. The van der Waals surface area contributed by atoms with Crippen LogP contribution in [0.2, 0.25) is 0 Å². The Morgan fingerprint density at radius 2 is 2.24 bits per heavy atom. The van der Waals surface area contributed by atoms with E-state index in [1.54, 1.807) is 12.3 Å². The summed E-state index contributed by atoms with van der Waals surface area (Å²) in [7, 11) is 1.33. The first-order valence-electron chi connectivity index (χ1n) is 4.96. The Kier molecular flexibility index (Phi) is 5.42. The Balaban J connectivity index is 2.65. The summed E-state index contributed by atoms with van der Waals surface area (Å²) in [6.07, 6.45) is 6.76. The molecular formula is C12H13NO3S. The van der Waals surface area contributed by atoms with Crippen molar-refractivity contribution in [2.75, 3.05) is 12.9 Å². The molecule has 0 amide bonds. The number of thioether (sulfide) groups is 1. The van der Waals surface area contributed by atoms with Gasteiger partial charge in [-0.2, -0.15) is 0 Å². The van der Waals surface area contributed by atoms with E-state index in [0.29, 0.717) is 11.3 Å². The molecule has 4 nitrogen and oxygen atoms in total. The van der Waals surface area contributed by atoms with E-state index in [4.69, 9.17) is 0 Å². The molecule has 0 spiro atoms. The van der Waals surface area contributed by atoms with Crippen molar-refractivity contribution < 1.29 is 14.3 Å². The predicted octanol–water partition coefficient (Wildman–Crippen LogP) is 2.16. The minimum absolute atomic E-state index is 0.0797. The lowest BCUT2D eigenvalue weighted by Crippen LogP contribution is -2.01. The van der Waals surface area contributed by atoms with Gasteiger partial charge in [-0.25, -0.2) is 4.79 Å². The number of carbonyl (C=O) groups excluding carboxylic acids is 2. The Morgan fingerprint density at radius 1 is 1.47 bits per heavy atom. The van der Waals surface area contributed by atoms with Gasteiger partial charge in [0, 0.05) is 25.1 Å². The number of methoxy groups -OCH3 is 1. The summed E-state index contributed by atoms with van der Waals surface area (Å²) in [6, 6.07) is 1.69. The maximum atomic E-state index is 11.2. The van der Waals surface area contributed by atoms with Crippen LogP contribution >= 0.6 is 11.8 Å². The highest BCUT2D eigenvalue weighted by Gasteiger charge is 2.04. The van der Waals surface area contributed by atoms with Gasteiger partial charge in [0.2, 0.25) is 0 Å². The molecule has 5 heteroatoms. The Labute approximate surface area is 104 Å². The highest BCUT2D eigenvalue weighted by molar-refractivity contribution is 8.13. The monoisotopic (exact) mass is 251 g/mol. The topological polar surface area (TPSA) is 56.3 Å². The molecule has 0 unspecified atom stereocenters. The zero-order chi connectivity index (χ0) is 12.7.